The highest BCUT2D eigenvalue weighted by Crippen LogP contribution is 2.16. The molecule has 0 radical (unpaired) electrons. The van der Waals surface area contributed by atoms with Gasteiger partial charge in [-0.2, -0.15) is 0 Å². The van der Waals surface area contributed by atoms with E-state index in [1.165, 1.54) is 5.56 Å². The molecular weight excluding hydrogens is 281 g/mol. The Hall–Kier alpha value is -0.0600. The topological polar surface area (TPSA) is 28.2 Å². The maximum Gasteiger partial charge on any atom is 0.0634 e. The van der Waals surface area contributed by atoms with Crippen molar-refractivity contribution in [2.24, 2.45) is 0 Å². The zero-order valence-electron chi connectivity index (χ0n) is 9.73. The van der Waals surface area contributed by atoms with Crippen LogP contribution in [-0.4, -0.2) is 35.6 Å². The molecule has 98 valence electrons. The van der Waals surface area contributed by atoms with E-state index in [1.54, 1.807) is 12.4 Å². The van der Waals surface area contributed by atoms with Gasteiger partial charge in [-0.05, 0) is 18.6 Å². The molecule has 1 aliphatic heterocycles. The van der Waals surface area contributed by atoms with E-state index in [9.17, 15) is 0 Å². The van der Waals surface area contributed by atoms with Crippen LogP contribution in [0.15, 0.2) is 18.5 Å². The van der Waals surface area contributed by atoms with Crippen molar-refractivity contribution in [1.82, 2.24) is 15.2 Å². The Morgan fingerprint density at radius 3 is 2.94 bits per heavy atom. The Labute approximate surface area is 120 Å². The summed E-state index contributed by atoms with van der Waals surface area (Å²) in [5.41, 5.74) is 1.17. The molecular formula is C11H18Cl3N3. The van der Waals surface area contributed by atoms with E-state index < -0.39 is 0 Å². The minimum atomic E-state index is 0. The number of hydrogen-bond donors (Lipinski definition) is 1. The number of rotatable bonds is 2. The second kappa shape index (κ2) is 8.11. The van der Waals surface area contributed by atoms with Gasteiger partial charge in [0.05, 0.1) is 5.02 Å². The van der Waals surface area contributed by atoms with E-state index in [4.69, 9.17) is 11.6 Å². The molecule has 1 fully saturated rings. The molecule has 1 saturated heterocycles. The minimum Gasteiger partial charge on any atom is -0.312 e. The Balaban J connectivity index is 0.00000128. The second-order valence-corrected chi connectivity index (χ2v) is 4.46. The summed E-state index contributed by atoms with van der Waals surface area (Å²) in [7, 11) is 0. The summed E-state index contributed by atoms with van der Waals surface area (Å²) >= 11 is 6.08. The summed E-state index contributed by atoms with van der Waals surface area (Å²) in [5, 5.41) is 4.19. The van der Waals surface area contributed by atoms with Crippen LogP contribution in [0, 0.1) is 0 Å². The van der Waals surface area contributed by atoms with Crippen molar-refractivity contribution in [2.75, 3.05) is 19.6 Å². The highest BCUT2D eigenvalue weighted by Gasteiger charge is 2.16. The number of halogens is 3. The van der Waals surface area contributed by atoms with Gasteiger partial charge < -0.3 is 5.32 Å². The monoisotopic (exact) mass is 297 g/mol. The van der Waals surface area contributed by atoms with Crippen LogP contribution >= 0.6 is 36.4 Å². The number of aromatic nitrogens is 1. The lowest BCUT2D eigenvalue weighted by Crippen LogP contribution is -2.48. The van der Waals surface area contributed by atoms with Crippen LogP contribution in [0.5, 0.6) is 0 Å². The molecule has 6 heteroatoms. The summed E-state index contributed by atoms with van der Waals surface area (Å²) < 4.78 is 0. The van der Waals surface area contributed by atoms with Crippen LogP contribution in [0.1, 0.15) is 12.5 Å². The van der Waals surface area contributed by atoms with Gasteiger partial charge in [0.2, 0.25) is 0 Å². The Kier molecular flexibility index (Phi) is 8.09. The van der Waals surface area contributed by atoms with Crippen LogP contribution in [0.4, 0.5) is 0 Å². The second-order valence-electron chi connectivity index (χ2n) is 4.06. The van der Waals surface area contributed by atoms with Crippen molar-refractivity contribution in [2.45, 2.75) is 19.5 Å². The fraction of sp³-hybridized carbons (Fsp3) is 0.545. The van der Waals surface area contributed by atoms with Gasteiger partial charge in [0, 0.05) is 44.6 Å². The summed E-state index contributed by atoms with van der Waals surface area (Å²) in [6.45, 7) is 6.36. The highest BCUT2D eigenvalue weighted by molar-refractivity contribution is 6.31. The van der Waals surface area contributed by atoms with Crippen molar-refractivity contribution >= 4 is 36.4 Å². The summed E-state index contributed by atoms with van der Waals surface area (Å²) in [5.74, 6) is 0. The van der Waals surface area contributed by atoms with Crippen molar-refractivity contribution in [3.63, 3.8) is 0 Å². The lowest BCUT2D eigenvalue weighted by Gasteiger charge is -2.31. The average molecular weight is 299 g/mol. The SMILES string of the molecule is CC1CN(Cc2ccncc2Cl)CCN1.Cl.Cl. The van der Waals surface area contributed by atoms with Crippen LogP contribution < -0.4 is 5.32 Å². The number of hydrogen-bond acceptors (Lipinski definition) is 3. The zero-order valence-corrected chi connectivity index (χ0v) is 12.1. The fourth-order valence-electron chi connectivity index (χ4n) is 1.93. The molecule has 3 nitrogen and oxygen atoms in total. The van der Waals surface area contributed by atoms with Gasteiger partial charge in [0.1, 0.15) is 0 Å². The van der Waals surface area contributed by atoms with Gasteiger partial charge in [0.25, 0.3) is 0 Å². The standard InChI is InChI=1S/C11H16ClN3.2ClH/c1-9-7-15(5-4-14-9)8-10-2-3-13-6-11(10)12;;/h2-3,6,9,14H,4-5,7-8H2,1H3;2*1H. The van der Waals surface area contributed by atoms with E-state index >= 15 is 0 Å². The van der Waals surface area contributed by atoms with Crippen molar-refractivity contribution in [1.29, 1.82) is 0 Å². The first kappa shape index (κ1) is 16.9. The predicted molar refractivity (Wildman–Crippen MR) is 76.5 cm³/mol. The van der Waals surface area contributed by atoms with Crippen molar-refractivity contribution < 1.29 is 0 Å². The molecule has 0 aromatic carbocycles. The van der Waals surface area contributed by atoms with Crippen molar-refractivity contribution in [3.05, 3.63) is 29.0 Å². The zero-order chi connectivity index (χ0) is 10.7. The molecule has 1 aliphatic rings. The van der Waals surface area contributed by atoms with Crippen molar-refractivity contribution in [3.8, 4) is 0 Å². The largest absolute Gasteiger partial charge is 0.312 e. The molecule has 0 spiro atoms. The lowest BCUT2D eigenvalue weighted by molar-refractivity contribution is 0.199. The van der Waals surface area contributed by atoms with Gasteiger partial charge >= 0.3 is 0 Å². The summed E-state index contributed by atoms with van der Waals surface area (Å²) in [6, 6.07) is 2.56. The van der Waals surface area contributed by atoms with Gasteiger partial charge in [-0.1, -0.05) is 11.6 Å². The molecule has 0 amide bonds. The first-order chi connectivity index (χ1) is 7.25. The molecule has 1 N–H and O–H groups in total. The molecule has 0 saturated carbocycles. The highest BCUT2D eigenvalue weighted by atomic mass is 35.5. The van der Waals surface area contributed by atoms with Gasteiger partial charge in [0.15, 0.2) is 0 Å². The van der Waals surface area contributed by atoms with Crippen LogP contribution in [0.2, 0.25) is 5.02 Å². The Bertz CT molecular complexity index is 335. The summed E-state index contributed by atoms with van der Waals surface area (Å²) in [4.78, 5) is 6.41. The third-order valence-corrected chi connectivity index (χ3v) is 3.04. The van der Waals surface area contributed by atoms with E-state index in [0.29, 0.717) is 6.04 Å². The molecule has 0 aliphatic carbocycles. The molecule has 1 atom stereocenters. The normalized spacial score (nSPS) is 20.2. The van der Waals surface area contributed by atoms with Crippen LogP contribution in [0.3, 0.4) is 0 Å². The maximum absolute atomic E-state index is 6.08. The third kappa shape index (κ3) is 4.98. The maximum atomic E-state index is 6.08. The van der Waals surface area contributed by atoms with Crippen LogP contribution in [-0.2, 0) is 6.54 Å². The van der Waals surface area contributed by atoms with Gasteiger partial charge in [-0.15, -0.1) is 24.8 Å². The number of piperazine rings is 1. The van der Waals surface area contributed by atoms with Crippen LogP contribution in [0.25, 0.3) is 0 Å². The predicted octanol–water partition coefficient (Wildman–Crippen LogP) is 2.37. The first-order valence-electron chi connectivity index (χ1n) is 5.30. The summed E-state index contributed by atoms with van der Waals surface area (Å²) in [6.07, 6.45) is 3.51. The number of nitrogens with one attached hydrogen (secondary N) is 1. The average Bonchev–Trinajstić information content (AvgIpc) is 2.22. The van der Waals surface area contributed by atoms with E-state index in [1.807, 2.05) is 6.07 Å². The van der Waals surface area contributed by atoms with E-state index in [2.05, 4.69) is 22.1 Å². The molecule has 1 unspecified atom stereocenters. The van der Waals surface area contributed by atoms with E-state index in [0.717, 1.165) is 31.2 Å². The number of nitrogens with zero attached hydrogens (tertiary/aromatic N) is 2. The first-order valence-corrected chi connectivity index (χ1v) is 5.67. The van der Waals surface area contributed by atoms with Gasteiger partial charge in [-0.3, -0.25) is 9.88 Å². The quantitative estimate of drug-likeness (QED) is 0.908. The van der Waals surface area contributed by atoms with E-state index in [-0.39, 0.29) is 24.8 Å². The molecule has 1 aromatic rings. The fourth-order valence-corrected chi connectivity index (χ4v) is 2.11. The molecule has 2 rings (SSSR count). The lowest BCUT2D eigenvalue weighted by atomic mass is 10.2. The molecule has 17 heavy (non-hydrogen) atoms. The minimum absolute atomic E-state index is 0. The molecule has 0 bridgehead atoms. The Morgan fingerprint density at radius 1 is 1.53 bits per heavy atom. The van der Waals surface area contributed by atoms with Gasteiger partial charge in [-0.25, -0.2) is 0 Å². The Morgan fingerprint density at radius 2 is 2.29 bits per heavy atom. The third-order valence-electron chi connectivity index (χ3n) is 2.70. The molecule has 1 aromatic heterocycles. The smallest absolute Gasteiger partial charge is 0.0634 e. The number of pyridine rings is 1. The molecule has 2 heterocycles.